The predicted octanol–water partition coefficient (Wildman–Crippen LogP) is 5.09. The highest BCUT2D eigenvalue weighted by Gasteiger charge is 2.49. The maximum Gasteiger partial charge on any atom is 0.409 e. The third kappa shape index (κ3) is 4.37. The highest BCUT2D eigenvalue weighted by atomic mass is 28.3. The number of rotatable bonds is 4. The highest BCUT2D eigenvalue weighted by molar-refractivity contribution is 6.86. The largest absolute Gasteiger partial charge is 0.409 e. The van der Waals surface area contributed by atoms with Gasteiger partial charge in [0.25, 0.3) is 0 Å². The first kappa shape index (κ1) is 16.5. The Morgan fingerprint density at radius 2 is 1.24 bits per heavy atom. The van der Waals surface area contributed by atoms with E-state index >= 15 is 0 Å². The van der Waals surface area contributed by atoms with Gasteiger partial charge in [-0.3, -0.25) is 0 Å². The van der Waals surface area contributed by atoms with Crippen molar-refractivity contribution in [3.8, 4) is 0 Å². The van der Waals surface area contributed by atoms with Crippen LogP contribution in [0, 0.1) is 0 Å². The predicted molar refractivity (Wildman–Crippen MR) is 57.4 cm³/mol. The van der Waals surface area contributed by atoms with E-state index in [1.54, 1.807) is 0 Å². The molecule has 0 aliphatic carbocycles. The molecule has 0 amide bonds. The van der Waals surface area contributed by atoms with E-state index < -0.39 is 31.7 Å². The van der Waals surface area contributed by atoms with Gasteiger partial charge in [0.1, 0.15) is 0 Å². The molecule has 0 aliphatic heterocycles. The van der Waals surface area contributed by atoms with Gasteiger partial charge in [-0.15, -0.1) is 0 Å². The first-order valence-electron chi connectivity index (χ1n) is 5.39. The van der Waals surface area contributed by atoms with Gasteiger partial charge in [-0.25, -0.2) is 0 Å². The lowest BCUT2D eigenvalue weighted by molar-refractivity contribution is -0.103. The molecule has 7 heteroatoms. The van der Waals surface area contributed by atoms with Gasteiger partial charge in [-0.1, -0.05) is 38.9 Å². The van der Waals surface area contributed by atoms with Gasteiger partial charge >= 0.3 is 12.4 Å². The quantitative estimate of drug-likeness (QED) is 0.496. The standard InChI is InChI=1S/C10H16F6Si/c1-4-17(5-2,6-3)8(10(14,15)16)7-9(11,12)13/h7H,4-6H2,1-3H3/b8-7+. The molecule has 17 heavy (non-hydrogen) atoms. The van der Waals surface area contributed by atoms with Crippen molar-refractivity contribution in [2.75, 3.05) is 0 Å². The van der Waals surface area contributed by atoms with Gasteiger partial charge in [0.05, 0.1) is 8.07 Å². The first-order valence-corrected chi connectivity index (χ1v) is 8.01. The summed E-state index contributed by atoms with van der Waals surface area (Å²) in [7, 11) is -3.08. The second-order valence-corrected chi connectivity index (χ2v) is 9.16. The molecule has 0 N–H and O–H groups in total. The molecule has 0 rings (SSSR count). The lowest BCUT2D eigenvalue weighted by Crippen LogP contribution is -2.42. The molecule has 0 unspecified atom stereocenters. The topological polar surface area (TPSA) is 0 Å². The summed E-state index contributed by atoms with van der Waals surface area (Å²) >= 11 is 0. The average molecular weight is 278 g/mol. The van der Waals surface area contributed by atoms with Crippen LogP contribution in [0.3, 0.4) is 0 Å². The zero-order chi connectivity index (χ0) is 13.9. The minimum Gasteiger partial charge on any atom is -0.167 e. The van der Waals surface area contributed by atoms with Gasteiger partial charge in [0.2, 0.25) is 0 Å². The van der Waals surface area contributed by atoms with Gasteiger partial charge in [-0.2, -0.15) is 26.3 Å². The molecule has 0 radical (unpaired) electrons. The monoisotopic (exact) mass is 278 g/mol. The van der Waals surface area contributed by atoms with E-state index in [1.165, 1.54) is 20.8 Å². The van der Waals surface area contributed by atoms with Crippen molar-refractivity contribution in [3.05, 3.63) is 11.3 Å². The molecule has 0 nitrogen and oxygen atoms in total. The van der Waals surface area contributed by atoms with E-state index in [-0.39, 0.29) is 18.1 Å². The molecule has 0 bridgehead atoms. The molecule has 0 aromatic carbocycles. The fourth-order valence-electron chi connectivity index (χ4n) is 2.02. The van der Waals surface area contributed by atoms with E-state index in [1.807, 2.05) is 0 Å². The van der Waals surface area contributed by atoms with E-state index in [2.05, 4.69) is 0 Å². The maximum atomic E-state index is 12.8. The van der Waals surface area contributed by atoms with Crippen molar-refractivity contribution in [1.29, 1.82) is 0 Å². The Bertz CT molecular complexity index is 263. The molecule has 0 spiro atoms. The number of hydrogen-bond acceptors (Lipinski definition) is 0. The molecular weight excluding hydrogens is 262 g/mol. The summed E-state index contributed by atoms with van der Waals surface area (Å²) in [6.07, 6.45) is -10.3. The zero-order valence-corrected chi connectivity index (χ0v) is 11.0. The molecule has 0 heterocycles. The molecule has 0 saturated heterocycles. The van der Waals surface area contributed by atoms with Gasteiger partial charge in [-0.05, 0) is 0 Å². The van der Waals surface area contributed by atoms with Crippen LogP contribution in [0.1, 0.15) is 20.8 Å². The molecule has 0 aliphatic rings. The van der Waals surface area contributed by atoms with Crippen LogP contribution < -0.4 is 0 Å². The van der Waals surface area contributed by atoms with E-state index in [0.717, 1.165) is 0 Å². The molecule has 0 saturated carbocycles. The van der Waals surface area contributed by atoms with Crippen LogP contribution in [-0.2, 0) is 0 Å². The fraction of sp³-hybridized carbons (Fsp3) is 0.800. The SMILES string of the molecule is CC[Si](CC)(CC)/C(=C/C(F)(F)F)C(F)(F)F. The minimum atomic E-state index is -4.91. The Kier molecular flexibility index (Phi) is 5.30. The van der Waals surface area contributed by atoms with Crippen molar-refractivity contribution in [2.24, 2.45) is 0 Å². The second-order valence-electron chi connectivity index (χ2n) is 3.94. The Balaban J connectivity index is 5.71. The molecule has 0 aromatic heterocycles. The summed E-state index contributed by atoms with van der Waals surface area (Å²) in [4.78, 5) is 0. The smallest absolute Gasteiger partial charge is 0.167 e. The minimum absolute atomic E-state index is 0.168. The second kappa shape index (κ2) is 5.45. The van der Waals surface area contributed by atoms with Crippen LogP contribution in [-0.4, -0.2) is 20.4 Å². The Morgan fingerprint density at radius 3 is 1.41 bits per heavy atom. The number of alkyl halides is 6. The normalized spacial score (nSPS) is 15.2. The van der Waals surface area contributed by atoms with Gasteiger partial charge in [0.15, 0.2) is 0 Å². The van der Waals surface area contributed by atoms with Crippen molar-refractivity contribution in [3.63, 3.8) is 0 Å². The Morgan fingerprint density at radius 1 is 0.882 bits per heavy atom. The van der Waals surface area contributed by atoms with Crippen LogP contribution >= 0.6 is 0 Å². The van der Waals surface area contributed by atoms with Gasteiger partial charge in [0, 0.05) is 11.3 Å². The van der Waals surface area contributed by atoms with Crippen LogP contribution in [0.25, 0.3) is 0 Å². The molecule has 0 aromatic rings. The summed E-state index contributed by atoms with van der Waals surface area (Å²) in [5.74, 6) is 0. The van der Waals surface area contributed by atoms with E-state index in [0.29, 0.717) is 0 Å². The zero-order valence-electron chi connectivity index (χ0n) is 9.97. The summed E-state index contributed by atoms with van der Waals surface area (Å²) in [5.41, 5.74) is 0. The lowest BCUT2D eigenvalue weighted by atomic mass is 10.4. The maximum absolute atomic E-state index is 12.8. The Labute approximate surface area is 97.7 Å². The van der Waals surface area contributed by atoms with Crippen LogP contribution in [0.2, 0.25) is 18.1 Å². The summed E-state index contributed by atoms with van der Waals surface area (Å²) in [6, 6.07) is 0.504. The molecule has 0 fully saturated rings. The number of halogens is 6. The number of hydrogen-bond donors (Lipinski definition) is 0. The summed E-state index contributed by atoms with van der Waals surface area (Å²) in [6.45, 7) is 4.61. The van der Waals surface area contributed by atoms with Crippen LogP contribution in [0.4, 0.5) is 26.3 Å². The lowest BCUT2D eigenvalue weighted by Gasteiger charge is -2.32. The van der Waals surface area contributed by atoms with Crippen molar-refractivity contribution < 1.29 is 26.3 Å². The van der Waals surface area contributed by atoms with E-state index in [9.17, 15) is 26.3 Å². The summed E-state index contributed by atoms with van der Waals surface area (Å²) in [5, 5.41) is -1.33. The molecule has 0 atom stereocenters. The van der Waals surface area contributed by atoms with Gasteiger partial charge < -0.3 is 0 Å². The molecule has 102 valence electrons. The fourth-order valence-corrected chi connectivity index (χ4v) is 5.73. The third-order valence-corrected chi connectivity index (χ3v) is 8.85. The molecular formula is C10H16F6Si. The van der Waals surface area contributed by atoms with Crippen molar-refractivity contribution in [1.82, 2.24) is 0 Å². The van der Waals surface area contributed by atoms with Crippen molar-refractivity contribution >= 4 is 8.07 Å². The highest BCUT2D eigenvalue weighted by Crippen LogP contribution is 2.41. The third-order valence-electron chi connectivity index (χ3n) is 3.22. The summed E-state index contributed by atoms with van der Waals surface area (Å²) < 4.78 is 75.0. The van der Waals surface area contributed by atoms with Crippen LogP contribution in [0.15, 0.2) is 11.3 Å². The Hall–Kier alpha value is -0.463. The first-order chi connectivity index (χ1) is 7.52. The van der Waals surface area contributed by atoms with Crippen LogP contribution in [0.5, 0.6) is 0 Å². The number of allylic oxidation sites excluding steroid dienone is 2. The average Bonchev–Trinajstić information content (AvgIpc) is 2.16. The van der Waals surface area contributed by atoms with E-state index in [4.69, 9.17) is 0 Å². The van der Waals surface area contributed by atoms with Crippen molar-refractivity contribution in [2.45, 2.75) is 51.3 Å².